The molecule has 5 nitrogen and oxygen atoms in total. The number of benzene rings is 2. The number of aromatic nitrogens is 1. The van der Waals surface area contributed by atoms with Gasteiger partial charge < -0.3 is 18.9 Å². The molecule has 3 aromatic rings. The van der Waals surface area contributed by atoms with E-state index in [1.54, 1.807) is 0 Å². The second-order valence-corrected chi connectivity index (χ2v) is 6.47. The Balaban J connectivity index is 0.00000320. The van der Waals surface area contributed by atoms with Gasteiger partial charge in [0.25, 0.3) is 0 Å². The van der Waals surface area contributed by atoms with E-state index in [2.05, 4.69) is 11.1 Å². The predicted molar refractivity (Wildman–Crippen MR) is 126 cm³/mol. The Kier molecular flexibility index (Phi) is 9.24. The average molecular weight is 476 g/mol. The largest absolute Gasteiger partial charge is 0.490 e. The molecule has 1 heterocycles. The highest BCUT2D eigenvalue weighted by atomic mass is 79.9. The highest BCUT2D eigenvalue weighted by Gasteiger charge is 2.13. The fourth-order valence-electron chi connectivity index (χ4n) is 3.32. The van der Waals surface area contributed by atoms with Gasteiger partial charge in [-0.3, -0.25) is 4.98 Å². The quantitative estimate of drug-likeness (QED) is 0.359. The van der Waals surface area contributed by atoms with Gasteiger partial charge in [-0.25, -0.2) is 0 Å². The minimum absolute atomic E-state index is 0. The fraction of sp³-hybridized carbons (Fsp3) is 0.375. The van der Waals surface area contributed by atoms with Crippen LogP contribution in [0.5, 0.6) is 23.0 Å². The lowest BCUT2D eigenvalue weighted by Crippen LogP contribution is -2.01. The molecule has 1 aromatic heterocycles. The summed E-state index contributed by atoms with van der Waals surface area (Å²) in [6, 6.07) is 12.1. The van der Waals surface area contributed by atoms with Gasteiger partial charge in [0, 0.05) is 18.0 Å². The molecule has 0 bridgehead atoms. The fourth-order valence-corrected chi connectivity index (χ4v) is 3.32. The summed E-state index contributed by atoms with van der Waals surface area (Å²) in [4.78, 5) is 4.65. The summed E-state index contributed by atoms with van der Waals surface area (Å²) >= 11 is 0. The standard InChI is InChI=1S/C24H29NO4.BrH/c1-5-26-21-10-9-17(14-22(21)27-6-2)13-20-19-16-24(29-8-4)23(28-7-3)15-18(19)11-12-25-20;/h9-12,14-16H,5-8,13H2,1-4H3;1H. The van der Waals surface area contributed by atoms with E-state index in [1.165, 1.54) is 0 Å². The monoisotopic (exact) mass is 475 g/mol. The number of hydrogen-bond acceptors (Lipinski definition) is 5. The van der Waals surface area contributed by atoms with Crippen LogP contribution in [0.1, 0.15) is 39.0 Å². The van der Waals surface area contributed by atoms with Gasteiger partial charge >= 0.3 is 0 Å². The van der Waals surface area contributed by atoms with Crippen LogP contribution in [0.15, 0.2) is 42.6 Å². The van der Waals surface area contributed by atoms with Crippen molar-refractivity contribution in [2.45, 2.75) is 34.1 Å². The highest BCUT2D eigenvalue weighted by molar-refractivity contribution is 8.93. The first-order valence-electron chi connectivity index (χ1n) is 10.3. The van der Waals surface area contributed by atoms with Crippen molar-refractivity contribution in [1.29, 1.82) is 0 Å². The summed E-state index contributed by atoms with van der Waals surface area (Å²) in [6.45, 7) is 10.3. The zero-order valence-corrected chi connectivity index (χ0v) is 19.8. The highest BCUT2D eigenvalue weighted by Crippen LogP contribution is 2.35. The molecule has 0 unspecified atom stereocenters. The summed E-state index contributed by atoms with van der Waals surface area (Å²) < 4.78 is 23.0. The first-order valence-corrected chi connectivity index (χ1v) is 10.3. The van der Waals surface area contributed by atoms with Crippen LogP contribution >= 0.6 is 17.0 Å². The number of fused-ring (bicyclic) bond motifs is 1. The van der Waals surface area contributed by atoms with Crippen LogP contribution in [0.25, 0.3) is 10.8 Å². The third-order valence-electron chi connectivity index (χ3n) is 4.49. The summed E-state index contributed by atoms with van der Waals surface area (Å²) in [5.74, 6) is 3.04. The Labute approximate surface area is 189 Å². The number of hydrogen-bond donors (Lipinski definition) is 0. The number of ether oxygens (including phenoxy) is 4. The normalized spacial score (nSPS) is 10.4. The van der Waals surface area contributed by atoms with Crippen LogP contribution < -0.4 is 18.9 Å². The van der Waals surface area contributed by atoms with Crippen LogP contribution in [-0.4, -0.2) is 31.4 Å². The maximum atomic E-state index is 5.81. The van der Waals surface area contributed by atoms with E-state index in [9.17, 15) is 0 Å². The lowest BCUT2D eigenvalue weighted by molar-refractivity contribution is 0.287. The summed E-state index contributed by atoms with van der Waals surface area (Å²) in [5, 5.41) is 2.14. The summed E-state index contributed by atoms with van der Waals surface area (Å²) in [7, 11) is 0. The molecule has 0 fully saturated rings. The second-order valence-electron chi connectivity index (χ2n) is 6.47. The van der Waals surface area contributed by atoms with Gasteiger partial charge in [0.2, 0.25) is 0 Å². The molecule has 0 aliphatic rings. The molecule has 6 heteroatoms. The number of pyridine rings is 1. The van der Waals surface area contributed by atoms with Crippen LogP contribution in [0.3, 0.4) is 0 Å². The summed E-state index contributed by atoms with van der Waals surface area (Å²) in [5.41, 5.74) is 2.10. The molecule has 0 spiro atoms. The molecule has 0 saturated carbocycles. The zero-order chi connectivity index (χ0) is 20.6. The maximum absolute atomic E-state index is 5.81. The third kappa shape index (κ3) is 5.57. The molecule has 0 aliphatic heterocycles. The molecular weight excluding hydrogens is 446 g/mol. The lowest BCUT2D eigenvalue weighted by Gasteiger charge is -2.15. The third-order valence-corrected chi connectivity index (χ3v) is 4.49. The van der Waals surface area contributed by atoms with Crippen LogP contribution in [0.4, 0.5) is 0 Å². The van der Waals surface area contributed by atoms with Crippen molar-refractivity contribution < 1.29 is 18.9 Å². The van der Waals surface area contributed by atoms with Gasteiger partial charge in [-0.1, -0.05) is 6.07 Å². The Morgan fingerprint density at radius 2 is 1.23 bits per heavy atom. The predicted octanol–water partition coefficient (Wildman–Crippen LogP) is 6.00. The minimum Gasteiger partial charge on any atom is -0.490 e. The van der Waals surface area contributed by atoms with Gasteiger partial charge in [-0.15, -0.1) is 17.0 Å². The van der Waals surface area contributed by atoms with Crippen LogP contribution in [-0.2, 0) is 6.42 Å². The van der Waals surface area contributed by atoms with Gasteiger partial charge in [0.1, 0.15) is 0 Å². The first-order chi connectivity index (χ1) is 14.2. The lowest BCUT2D eigenvalue weighted by atomic mass is 10.0. The first kappa shape index (κ1) is 23.8. The van der Waals surface area contributed by atoms with E-state index < -0.39 is 0 Å². The molecule has 0 N–H and O–H groups in total. The van der Waals surface area contributed by atoms with Crippen molar-refractivity contribution in [3.63, 3.8) is 0 Å². The van der Waals surface area contributed by atoms with E-state index >= 15 is 0 Å². The molecule has 0 amide bonds. The van der Waals surface area contributed by atoms with Gasteiger partial charge in [0.15, 0.2) is 23.0 Å². The van der Waals surface area contributed by atoms with Crippen molar-refractivity contribution in [2.75, 3.05) is 26.4 Å². The van der Waals surface area contributed by atoms with Crippen LogP contribution in [0.2, 0.25) is 0 Å². The smallest absolute Gasteiger partial charge is 0.161 e. The van der Waals surface area contributed by atoms with Crippen molar-refractivity contribution in [2.24, 2.45) is 0 Å². The molecule has 162 valence electrons. The molecule has 0 radical (unpaired) electrons. The van der Waals surface area contributed by atoms with Crippen molar-refractivity contribution in [3.8, 4) is 23.0 Å². The number of halogens is 1. The van der Waals surface area contributed by atoms with E-state index in [0.717, 1.165) is 45.0 Å². The van der Waals surface area contributed by atoms with E-state index in [-0.39, 0.29) is 17.0 Å². The van der Waals surface area contributed by atoms with Crippen molar-refractivity contribution in [1.82, 2.24) is 4.98 Å². The van der Waals surface area contributed by atoms with Crippen LogP contribution in [0, 0.1) is 0 Å². The Morgan fingerprint density at radius 1 is 0.667 bits per heavy atom. The topological polar surface area (TPSA) is 49.8 Å². The minimum atomic E-state index is 0. The Bertz CT molecular complexity index is 961. The number of rotatable bonds is 10. The second kappa shape index (κ2) is 11.6. The molecule has 30 heavy (non-hydrogen) atoms. The Morgan fingerprint density at radius 3 is 1.87 bits per heavy atom. The SMILES string of the molecule is Br.CCOc1ccc(Cc2nccc3cc(OCC)c(OCC)cc23)cc1OCC. The molecule has 2 aromatic carbocycles. The maximum Gasteiger partial charge on any atom is 0.161 e. The van der Waals surface area contributed by atoms with E-state index in [4.69, 9.17) is 18.9 Å². The van der Waals surface area contributed by atoms with E-state index in [1.807, 2.05) is 64.2 Å². The molecular formula is C24H30BrNO4. The molecule has 0 aliphatic carbocycles. The van der Waals surface area contributed by atoms with Gasteiger partial charge in [-0.05, 0) is 69.0 Å². The molecule has 0 atom stereocenters. The average Bonchev–Trinajstić information content (AvgIpc) is 2.71. The zero-order valence-electron chi connectivity index (χ0n) is 18.1. The van der Waals surface area contributed by atoms with Crippen molar-refractivity contribution >= 4 is 27.8 Å². The van der Waals surface area contributed by atoms with Gasteiger partial charge in [-0.2, -0.15) is 0 Å². The molecule has 0 saturated heterocycles. The van der Waals surface area contributed by atoms with Gasteiger partial charge in [0.05, 0.1) is 32.1 Å². The van der Waals surface area contributed by atoms with E-state index in [0.29, 0.717) is 32.8 Å². The molecule has 3 rings (SSSR count). The summed E-state index contributed by atoms with van der Waals surface area (Å²) in [6.07, 6.45) is 2.52. The Hall–Kier alpha value is -2.47. The number of nitrogens with zero attached hydrogens (tertiary/aromatic N) is 1. The van der Waals surface area contributed by atoms with Crippen molar-refractivity contribution in [3.05, 3.63) is 53.9 Å².